The van der Waals surface area contributed by atoms with Gasteiger partial charge in [-0.1, -0.05) is 19.8 Å². The van der Waals surface area contributed by atoms with Crippen LogP contribution in [0.15, 0.2) is 0 Å². The standard InChI is InChI=1S/C13H25NO2/c1-11-3-2-4-12(7-11)8-14-9-13(15)5-6-16-10-13/h11-12,14-15H,2-10H2,1H3. The smallest absolute Gasteiger partial charge is 0.102 e. The highest BCUT2D eigenvalue weighted by Gasteiger charge is 2.32. The van der Waals surface area contributed by atoms with Crippen molar-refractivity contribution in [3.8, 4) is 0 Å². The van der Waals surface area contributed by atoms with E-state index in [1.165, 1.54) is 25.7 Å². The summed E-state index contributed by atoms with van der Waals surface area (Å²) < 4.78 is 5.23. The van der Waals surface area contributed by atoms with Gasteiger partial charge in [-0.05, 0) is 31.2 Å². The molecule has 2 fully saturated rings. The van der Waals surface area contributed by atoms with E-state index in [-0.39, 0.29) is 0 Å². The molecule has 2 rings (SSSR count). The average Bonchev–Trinajstić information content (AvgIpc) is 2.65. The van der Waals surface area contributed by atoms with Crippen molar-refractivity contribution < 1.29 is 9.84 Å². The maximum Gasteiger partial charge on any atom is 0.102 e. The van der Waals surface area contributed by atoms with Gasteiger partial charge < -0.3 is 15.2 Å². The van der Waals surface area contributed by atoms with Gasteiger partial charge in [0, 0.05) is 19.6 Å². The van der Waals surface area contributed by atoms with Gasteiger partial charge in [0.2, 0.25) is 0 Å². The second kappa shape index (κ2) is 5.48. The summed E-state index contributed by atoms with van der Waals surface area (Å²) >= 11 is 0. The Morgan fingerprint density at radius 2 is 2.31 bits per heavy atom. The summed E-state index contributed by atoms with van der Waals surface area (Å²) in [5.74, 6) is 1.70. The highest BCUT2D eigenvalue weighted by atomic mass is 16.5. The van der Waals surface area contributed by atoms with E-state index in [1.807, 2.05) is 0 Å². The van der Waals surface area contributed by atoms with Crippen molar-refractivity contribution in [3.05, 3.63) is 0 Å². The Morgan fingerprint density at radius 1 is 1.44 bits per heavy atom. The van der Waals surface area contributed by atoms with Crippen LogP contribution < -0.4 is 5.32 Å². The molecule has 1 aliphatic heterocycles. The third-order valence-corrected chi connectivity index (χ3v) is 4.01. The van der Waals surface area contributed by atoms with Crippen LogP contribution in [0.2, 0.25) is 0 Å². The van der Waals surface area contributed by atoms with Crippen molar-refractivity contribution in [3.63, 3.8) is 0 Å². The normalized spacial score (nSPS) is 40.1. The van der Waals surface area contributed by atoms with Crippen molar-refractivity contribution in [2.24, 2.45) is 11.8 Å². The molecular weight excluding hydrogens is 202 g/mol. The van der Waals surface area contributed by atoms with Crippen LogP contribution in [0.5, 0.6) is 0 Å². The predicted molar refractivity (Wildman–Crippen MR) is 64.4 cm³/mol. The van der Waals surface area contributed by atoms with E-state index in [9.17, 15) is 5.11 Å². The number of ether oxygens (including phenoxy) is 1. The quantitative estimate of drug-likeness (QED) is 0.766. The minimum Gasteiger partial charge on any atom is -0.386 e. The van der Waals surface area contributed by atoms with Gasteiger partial charge in [0.1, 0.15) is 5.60 Å². The van der Waals surface area contributed by atoms with Crippen LogP contribution in [0.4, 0.5) is 0 Å². The highest BCUT2D eigenvalue weighted by molar-refractivity contribution is 4.85. The summed E-state index contributed by atoms with van der Waals surface area (Å²) in [6.07, 6.45) is 6.25. The molecule has 94 valence electrons. The molecule has 0 radical (unpaired) electrons. The van der Waals surface area contributed by atoms with Crippen LogP contribution in [-0.4, -0.2) is 37.0 Å². The second-order valence-electron chi connectivity index (χ2n) is 5.80. The zero-order valence-electron chi connectivity index (χ0n) is 10.4. The Bertz CT molecular complexity index is 214. The lowest BCUT2D eigenvalue weighted by atomic mass is 9.82. The summed E-state index contributed by atoms with van der Waals surface area (Å²) in [5, 5.41) is 13.5. The average molecular weight is 227 g/mol. The van der Waals surface area contributed by atoms with Gasteiger partial charge in [-0.25, -0.2) is 0 Å². The Balaban J connectivity index is 1.63. The molecule has 0 aromatic carbocycles. The molecule has 0 spiro atoms. The minimum atomic E-state index is -0.597. The maximum absolute atomic E-state index is 10.1. The van der Waals surface area contributed by atoms with Gasteiger partial charge in [-0.3, -0.25) is 0 Å². The van der Waals surface area contributed by atoms with Crippen molar-refractivity contribution in [1.82, 2.24) is 5.32 Å². The van der Waals surface area contributed by atoms with Crippen molar-refractivity contribution in [2.75, 3.05) is 26.3 Å². The van der Waals surface area contributed by atoms with Crippen LogP contribution in [0.25, 0.3) is 0 Å². The van der Waals surface area contributed by atoms with E-state index in [1.54, 1.807) is 0 Å². The molecule has 0 aromatic heterocycles. The maximum atomic E-state index is 10.1. The van der Waals surface area contributed by atoms with Gasteiger partial charge >= 0.3 is 0 Å². The lowest BCUT2D eigenvalue weighted by molar-refractivity contribution is 0.0259. The topological polar surface area (TPSA) is 41.5 Å². The van der Waals surface area contributed by atoms with Crippen LogP contribution in [0.3, 0.4) is 0 Å². The van der Waals surface area contributed by atoms with Gasteiger partial charge in [0.15, 0.2) is 0 Å². The van der Waals surface area contributed by atoms with Crippen molar-refractivity contribution in [1.29, 1.82) is 0 Å². The Kier molecular flexibility index (Phi) is 4.22. The molecule has 2 aliphatic rings. The van der Waals surface area contributed by atoms with E-state index in [0.717, 1.165) is 24.8 Å². The largest absolute Gasteiger partial charge is 0.386 e. The first-order valence-electron chi connectivity index (χ1n) is 6.69. The predicted octanol–water partition coefficient (Wildman–Crippen LogP) is 1.55. The lowest BCUT2D eigenvalue weighted by Gasteiger charge is -2.28. The Morgan fingerprint density at radius 3 is 3.00 bits per heavy atom. The molecule has 3 heteroatoms. The zero-order chi connectivity index (χ0) is 11.4. The fraction of sp³-hybridized carbons (Fsp3) is 1.00. The molecule has 0 aromatic rings. The molecule has 3 nitrogen and oxygen atoms in total. The first-order valence-corrected chi connectivity index (χ1v) is 6.69. The molecule has 2 N–H and O–H groups in total. The lowest BCUT2D eigenvalue weighted by Crippen LogP contribution is -2.42. The highest BCUT2D eigenvalue weighted by Crippen LogP contribution is 2.28. The number of hydrogen-bond donors (Lipinski definition) is 2. The van der Waals surface area contributed by atoms with Gasteiger partial charge in [0.05, 0.1) is 6.61 Å². The fourth-order valence-corrected chi connectivity index (χ4v) is 2.99. The van der Waals surface area contributed by atoms with Crippen LogP contribution in [0, 0.1) is 11.8 Å². The third-order valence-electron chi connectivity index (χ3n) is 4.01. The molecule has 3 unspecified atom stereocenters. The first kappa shape index (κ1) is 12.3. The summed E-state index contributed by atoms with van der Waals surface area (Å²) in [4.78, 5) is 0. The van der Waals surface area contributed by atoms with E-state index in [2.05, 4.69) is 12.2 Å². The van der Waals surface area contributed by atoms with E-state index >= 15 is 0 Å². The SMILES string of the molecule is CC1CCCC(CNCC2(O)CCOC2)C1. The van der Waals surface area contributed by atoms with Gasteiger partial charge in [0.25, 0.3) is 0 Å². The molecular formula is C13H25NO2. The van der Waals surface area contributed by atoms with E-state index < -0.39 is 5.60 Å². The molecule has 0 bridgehead atoms. The van der Waals surface area contributed by atoms with Crippen molar-refractivity contribution in [2.45, 2.75) is 44.6 Å². The molecule has 3 atom stereocenters. The van der Waals surface area contributed by atoms with Gasteiger partial charge in [-0.2, -0.15) is 0 Å². The molecule has 0 amide bonds. The monoisotopic (exact) mass is 227 g/mol. The minimum absolute atomic E-state index is 0.501. The summed E-state index contributed by atoms with van der Waals surface area (Å²) in [6.45, 7) is 5.31. The van der Waals surface area contributed by atoms with E-state index in [4.69, 9.17) is 4.74 Å². The molecule has 1 saturated carbocycles. The summed E-state index contributed by atoms with van der Waals surface area (Å²) in [6, 6.07) is 0. The third kappa shape index (κ3) is 3.44. The van der Waals surface area contributed by atoms with Crippen LogP contribution in [0.1, 0.15) is 39.0 Å². The summed E-state index contributed by atoms with van der Waals surface area (Å²) in [7, 11) is 0. The Hall–Kier alpha value is -0.120. The second-order valence-corrected chi connectivity index (χ2v) is 5.80. The number of nitrogens with one attached hydrogen (secondary N) is 1. The van der Waals surface area contributed by atoms with Crippen LogP contribution >= 0.6 is 0 Å². The number of aliphatic hydroxyl groups is 1. The first-order chi connectivity index (χ1) is 7.68. The fourth-order valence-electron chi connectivity index (χ4n) is 2.99. The van der Waals surface area contributed by atoms with Gasteiger partial charge in [-0.15, -0.1) is 0 Å². The van der Waals surface area contributed by atoms with E-state index in [0.29, 0.717) is 19.8 Å². The summed E-state index contributed by atoms with van der Waals surface area (Å²) in [5.41, 5.74) is -0.597. The number of rotatable bonds is 4. The molecule has 1 aliphatic carbocycles. The molecule has 1 saturated heterocycles. The zero-order valence-corrected chi connectivity index (χ0v) is 10.4. The van der Waals surface area contributed by atoms with Crippen LogP contribution in [-0.2, 0) is 4.74 Å². The Labute approximate surface area is 98.6 Å². The number of hydrogen-bond acceptors (Lipinski definition) is 3. The van der Waals surface area contributed by atoms with Crippen molar-refractivity contribution >= 4 is 0 Å². The molecule has 1 heterocycles. The molecule has 16 heavy (non-hydrogen) atoms.